The van der Waals surface area contributed by atoms with E-state index < -0.39 is 15.9 Å². The molecule has 0 aliphatic heterocycles. The topological polar surface area (TPSA) is 80.9 Å². The molecule has 0 heterocycles. The highest BCUT2D eigenvalue weighted by Crippen LogP contribution is 2.38. The molecule has 0 spiro atoms. The molecule has 0 aliphatic rings. The highest BCUT2D eigenvalue weighted by Gasteiger charge is 2.35. The summed E-state index contributed by atoms with van der Waals surface area (Å²) in [5.41, 5.74) is 0.591. The number of carbonyl (C=O) groups is 1. The maximum atomic E-state index is 12.9. The van der Waals surface area contributed by atoms with Gasteiger partial charge in [0.05, 0.1) is 32.0 Å². The molecule has 174 valence electrons. The van der Waals surface area contributed by atoms with Gasteiger partial charge in [-0.25, -0.2) is 0 Å². The minimum Gasteiger partial charge on any atom is -0.493 e. The molecule has 32 heavy (non-hydrogen) atoms. The highest BCUT2D eigenvalue weighted by molar-refractivity contribution is 7.80. The van der Waals surface area contributed by atoms with Crippen LogP contribution in [0.25, 0.3) is 0 Å². The van der Waals surface area contributed by atoms with Crippen LogP contribution in [0.15, 0.2) is 30.3 Å². The van der Waals surface area contributed by atoms with E-state index in [2.05, 4.69) is 16.0 Å². The zero-order chi connectivity index (χ0) is 24.1. The third-order valence-electron chi connectivity index (χ3n) is 3.98. The Hall–Kier alpha value is -1.55. The number of rotatable bonds is 7. The van der Waals surface area contributed by atoms with E-state index >= 15 is 0 Å². The number of halogens is 5. The van der Waals surface area contributed by atoms with Crippen LogP contribution in [0.2, 0.25) is 10.0 Å². The van der Waals surface area contributed by atoms with Gasteiger partial charge in [-0.05, 0) is 42.5 Å². The molecule has 0 unspecified atom stereocenters. The summed E-state index contributed by atoms with van der Waals surface area (Å²) in [6.07, 6.45) is -1.22. The van der Waals surface area contributed by atoms with E-state index in [0.717, 1.165) is 0 Å². The first-order valence-corrected chi connectivity index (χ1v) is 11.0. The van der Waals surface area contributed by atoms with Gasteiger partial charge in [-0.1, -0.05) is 58.0 Å². The number of carbonyl (C=O) groups excluding carboxylic acids is 1. The molecule has 2 aromatic rings. The Kier molecular flexibility index (Phi) is 9.63. The van der Waals surface area contributed by atoms with E-state index in [1.165, 1.54) is 33.5 Å². The molecule has 0 saturated heterocycles. The molecule has 0 bridgehead atoms. The SMILES string of the molecule is COc1cc(C(=O)N[C@H](NC(=S)Nc2cc(Cl)ccc2Cl)C(Cl)(Cl)Cl)cc(OC)c1OC. The number of benzene rings is 2. The molecular weight excluding hydrogens is 544 g/mol. The second-order valence-electron chi connectivity index (χ2n) is 6.08. The van der Waals surface area contributed by atoms with Gasteiger partial charge in [-0.2, -0.15) is 0 Å². The molecule has 1 amide bonds. The quantitative estimate of drug-likeness (QED) is 0.236. The third-order valence-corrected chi connectivity index (χ3v) is 5.42. The molecule has 2 aromatic carbocycles. The van der Waals surface area contributed by atoms with Crippen molar-refractivity contribution >= 4 is 86.9 Å². The molecule has 13 heteroatoms. The fourth-order valence-corrected chi connectivity index (χ4v) is 3.40. The van der Waals surface area contributed by atoms with Gasteiger partial charge in [0, 0.05) is 10.6 Å². The van der Waals surface area contributed by atoms with Crippen molar-refractivity contribution in [3.8, 4) is 17.2 Å². The molecular formula is C19H18Cl5N3O4S. The summed E-state index contributed by atoms with van der Waals surface area (Å²) < 4.78 is 13.8. The first-order chi connectivity index (χ1) is 15.0. The predicted molar refractivity (Wildman–Crippen MR) is 133 cm³/mol. The second kappa shape index (κ2) is 11.5. The average molecular weight is 562 g/mol. The first-order valence-electron chi connectivity index (χ1n) is 8.70. The maximum absolute atomic E-state index is 12.9. The Balaban J connectivity index is 2.23. The number of thiocarbonyl (C=S) groups is 1. The fraction of sp³-hybridized carbons (Fsp3) is 0.263. The van der Waals surface area contributed by atoms with E-state index in [1.54, 1.807) is 18.2 Å². The minimum atomic E-state index is -1.97. The van der Waals surface area contributed by atoms with Gasteiger partial charge in [0.2, 0.25) is 9.54 Å². The maximum Gasteiger partial charge on any atom is 0.253 e. The lowest BCUT2D eigenvalue weighted by atomic mass is 10.1. The summed E-state index contributed by atoms with van der Waals surface area (Å²) in [5, 5.41) is 8.97. The first kappa shape index (κ1) is 26.7. The van der Waals surface area contributed by atoms with E-state index in [-0.39, 0.29) is 22.2 Å². The number of hydrogen-bond donors (Lipinski definition) is 3. The Morgan fingerprint density at radius 3 is 2.06 bits per heavy atom. The van der Waals surface area contributed by atoms with E-state index in [1.807, 2.05) is 0 Å². The number of nitrogens with one attached hydrogen (secondary N) is 3. The molecule has 0 aliphatic carbocycles. The van der Waals surface area contributed by atoms with Crippen molar-refractivity contribution in [3.05, 3.63) is 45.9 Å². The lowest BCUT2D eigenvalue weighted by Gasteiger charge is -2.28. The van der Waals surface area contributed by atoms with Crippen LogP contribution < -0.4 is 30.2 Å². The summed E-state index contributed by atoms with van der Waals surface area (Å²) in [6, 6.07) is 7.68. The van der Waals surface area contributed by atoms with Gasteiger partial charge in [0.1, 0.15) is 6.17 Å². The van der Waals surface area contributed by atoms with Crippen molar-refractivity contribution < 1.29 is 19.0 Å². The van der Waals surface area contributed by atoms with Crippen LogP contribution in [0.1, 0.15) is 10.4 Å². The second-order valence-corrected chi connectivity index (χ2v) is 9.71. The highest BCUT2D eigenvalue weighted by atomic mass is 35.6. The summed E-state index contributed by atoms with van der Waals surface area (Å²) in [6.45, 7) is 0. The fourth-order valence-electron chi connectivity index (χ4n) is 2.51. The van der Waals surface area contributed by atoms with Crippen molar-refractivity contribution in [2.75, 3.05) is 26.6 Å². The van der Waals surface area contributed by atoms with Gasteiger partial charge in [0.25, 0.3) is 5.91 Å². The molecule has 1 atom stereocenters. The Morgan fingerprint density at radius 2 is 1.56 bits per heavy atom. The summed E-state index contributed by atoms with van der Waals surface area (Å²) in [5.74, 6) is 0.286. The molecule has 0 radical (unpaired) electrons. The number of amides is 1. The lowest BCUT2D eigenvalue weighted by molar-refractivity contribution is 0.0933. The minimum absolute atomic E-state index is 0.0238. The van der Waals surface area contributed by atoms with E-state index in [0.29, 0.717) is 21.5 Å². The average Bonchev–Trinajstić information content (AvgIpc) is 2.73. The molecule has 2 rings (SSSR count). The smallest absolute Gasteiger partial charge is 0.253 e. The van der Waals surface area contributed by atoms with Crippen LogP contribution in [0.3, 0.4) is 0 Å². The summed E-state index contributed by atoms with van der Waals surface area (Å²) >= 11 is 35.5. The van der Waals surface area contributed by atoms with Crippen molar-refractivity contribution in [2.24, 2.45) is 0 Å². The molecule has 7 nitrogen and oxygen atoms in total. The largest absolute Gasteiger partial charge is 0.493 e. The zero-order valence-corrected chi connectivity index (χ0v) is 21.5. The zero-order valence-electron chi connectivity index (χ0n) is 16.9. The van der Waals surface area contributed by atoms with Gasteiger partial charge in [0.15, 0.2) is 16.6 Å². The van der Waals surface area contributed by atoms with Gasteiger partial charge < -0.3 is 30.2 Å². The van der Waals surface area contributed by atoms with Gasteiger partial charge in [-0.15, -0.1) is 0 Å². The standard InChI is InChI=1S/C19H18Cl5N3O4S/c1-29-13-6-9(7-14(30-2)15(13)31-3)16(28)26-17(19(22,23)24)27-18(32)25-12-8-10(20)4-5-11(12)21/h4-8,17H,1-3H3,(H,26,28)(H2,25,27,32)/t17-/m1/s1. The number of hydrogen-bond acceptors (Lipinski definition) is 5. The Labute approximate surface area is 215 Å². The van der Waals surface area contributed by atoms with Gasteiger partial charge >= 0.3 is 0 Å². The molecule has 0 fully saturated rings. The number of alkyl halides is 3. The van der Waals surface area contributed by atoms with E-state index in [4.69, 9.17) is 84.4 Å². The van der Waals surface area contributed by atoms with Crippen LogP contribution in [0, 0.1) is 0 Å². The van der Waals surface area contributed by atoms with Crippen LogP contribution in [0.5, 0.6) is 17.2 Å². The number of methoxy groups -OCH3 is 3. The van der Waals surface area contributed by atoms with Gasteiger partial charge in [-0.3, -0.25) is 4.79 Å². The molecule has 0 saturated carbocycles. The van der Waals surface area contributed by atoms with Crippen molar-refractivity contribution in [1.82, 2.24) is 10.6 Å². The Morgan fingerprint density at radius 1 is 0.969 bits per heavy atom. The van der Waals surface area contributed by atoms with Crippen molar-refractivity contribution in [2.45, 2.75) is 9.96 Å². The van der Waals surface area contributed by atoms with Crippen LogP contribution >= 0.6 is 70.2 Å². The lowest BCUT2D eigenvalue weighted by Crippen LogP contribution is -2.56. The van der Waals surface area contributed by atoms with Crippen LogP contribution in [-0.2, 0) is 0 Å². The van der Waals surface area contributed by atoms with Crippen LogP contribution in [-0.4, -0.2) is 42.3 Å². The van der Waals surface area contributed by atoms with E-state index in [9.17, 15) is 4.79 Å². The number of anilines is 1. The molecule has 3 N–H and O–H groups in total. The van der Waals surface area contributed by atoms with Crippen molar-refractivity contribution in [3.63, 3.8) is 0 Å². The third kappa shape index (κ3) is 6.97. The summed E-state index contributed by atoms with van der Waals surface area (Å²) in [4.78, 5) is 12.9. The summed E-state index contributed by atoms with van der Waals surface area (Å²) in [7, 11) is 4.30. The normalized spacial score (nSPS) is 11.9. The molecule has 0 aromatic heterocycles. The van der Waals surface area contributed by atoms with Crippen molar-refractivity contribution in [1.29, 1.82) is 0 Å². The predicted octanol–water partition coefficient (Wildman–Crippen LogP) is 5.43. The monoisotopic (exact) mass is 559 g/mol. The number of ether oxygens (including phenoxy) is 3. The Bertz CT molecular complexity index is 978. The van der Waals surface area contributed by atoms with Crippen LogP contribution in [0.4, 0.5) is 5.69 Å².